The van der Waals surface area contributed by atoms with Crippen LogP contribution in [0.4, 0.5) is 0 Å². The smallest absolute Gasteiger partial charge is 0.270 e. The van der Waals surface area contributed by atoms with Crippen LogP contribution < -0.4 is 5.32 Å². The summed E-state index contributed by atoms with van der Waals surface area (Å²) in [4.78, 5) is 21.7. The minimum absolute atomic E-state index is 0.174. The van der Waals surface area contributed by atoms with E-state index in [0.717, 1.165) is 22.7 Å². The number of thioether (sulfide) groups is 1. The monoisotopic (exact) mass is 622 g/mol. The summed E-state index contributed by atoms with van der Waals surface area (Å²) < 4.78 is 1.94. The van der Waals surface area contributed by atoms with Crippen molar-refractivity contribution < 1.29 is 4.79 Å². The molecular weight excluding hydrogens is 596 g/mol. The second-order valence-electron chi connectivity index (χ2n) is 9.66. The first-order valence-corrected chi connectivity index (χ1v) is 16.0. The first-order valence-electron chi connectivity index (χ1n) is 13.7. The number of benzene rings is 3. The molecule has 1 amide bonds. The summed E-state index contributed by atoms with van der Waals surface area (Å²) >= 11 is 9.53. The molecule has 0 aliphatic heterocycles. The van der Waals surface area contributed by atoms with Gasteiger partial charge >= 0.3 is 0 Å². The highest BCUT2D eigenvalue weighted by Crippen LogP contribution is 2.33. The minimum Gasteiger partial charge on any atom is -0.351 e. The Morgan fingerprint density at radius 2 is 1.56 bits per heavy atom. The van der Waals surface area contributed by atoms with E-state index in [1.807, 2.05) is 53.1 Å². The molecule has 0 aliphatic carbocycles. The van der Waals surface area contributed by atoms with Crippen molar-refractivity contribution >= 4 is 40.6 Å². The second kappa shape index (κ2) is 13.8. The number of nitrogens with one attached hydrogen (secondary N) is 1. The van der Waals surface area contributed by atoms with Gasteiger partial charge in [0.15, 0.2) is 11.0 Å². The van der Waals surface area contributed by atoms with Crippen molar-refractivity contribution in [3.05, 3.63) is 142 Å². The molecule has 6 aromatic rings. The molecule has 3 heterocycles. The van der Waals surface area contributed by atoms with Crippen molar-refractivity contribution in [2.75, 3.05) is 6.54 Å². The standard InChI is InChI=1S/C33H27ClN6OS2/c34-27-13-7-8-14-29(27)40-31(25-15-18-35-19-16-25)38-39-33(40)43-22-30-37-28(21-42-30)32(41)36-20-17-26(23-9-3-1-4-10-23)24-11-5-2-6-12-24/h1-16,18-19,21,26H,17,20,22H2,(H,36,41). The highest BCUT2D eigenvalue weighted by atomic mass is 35.5. The van der Waals surface area contributed by atoms with Gasteiger partial charge in [-0.25, -0.2) is 4.98 Å². The zero-order valence-electron chi connectivity index (χ0n) is 23.0. The molecule has 10 heteroatoms. The molecule has 0 saturated carbocycles. The highest BCUT2D eigenvalue weighted by Gasteiger charge is 2.20. The summed E-state index contributed by atoms with van der Waals surface area (Å²) in [5.41, 5.74) is 4.54. The summed E-state index contributed by atoms with van der Waals surface area (Å²) in [6.45, 7) is 0.535. The van der Waals surface area contributed by atoms with Crippen LogP contribution in [0, 0.1) is 0 Å². The number of thiazole rings is 1. The molecule has 0 spiro atoms. The lowest BCUT2D eigenvalue weighted by atomic mass is 9.88. The molecule has 1 N–H and O–H groups in total. The molecule has 214 valence electrons. The number of hydrogen-bond acceptors (Lipinski definition) is 7. The zero-order chi connectivity index (χ0) is 29.4. The Balaban J connectivity index is 1.12. The van der Waals surface area contributed by atoms with E-state index >= 15 is 0 Å². The van der Waals surface area contributed by atoms with Crippen molar-refractivity contribution in [3.8, 4) is 17.1 Å². The average molecular weight is 623 g/mol. The molecule has 0 unspecified atom stereocenters. The molecule has 0 bridgehead atoms. The van der Waals surface area contributed by atoms with Crippen LogP contribution in [0.1, 0.15) is 39.0 Å². The molecule has 0 fully saturated rings. The lowest BCUT2D eigenvalue weighted by Crippen LogP contribution is -2.26. The third-order valence-electron chi connectivity index (χ3n) is 6.90. The van der Waals surface area contributed by atoms with Crippen LogP contribution in [0.2, 0.25) is 5.02 Å². The predicted molar refractivity (Wildman–Crippen MR) is 173 cm³/mol. The zero-order valence-corrected chi connectivity index (χ0v) is 25.4. The molecule has 6 rings (SSSR count). The topological polar surface area (TPSA) is 85.6 Å². The highest BCUT2D eigenvalue weighted by molar-refractivity contribution is 7.98. The largest absolute Gasteiger partial charge is 0.351 e. The maximum Gasteiger partial charge on any atom is 0.270 e. The van der Waals surface area contributed by atoms with Gasteiger partial charge in [0, 0.05) is 35.8 Å². The molecule has 43 heavy (non-hydrogen) atoms. The van der Waals surface area contributed by atoms with Gasteiger partial charge in [-0.1, -0.05) is 96.2 Å². The first kappa shape index (κ1) is 28.8. The number of aromatic nitrogens is 5. The van der Waals surface area contributed by atoms with Gasteiger partial charge in [0.1, 0.15) is 10.7 Å². The molecule has 0 radical (unpaired) electrons. The van der Waals surface area contributed by atoms with Crippen LogP contribution in [0.25, 0.3) is 17.1 Å². The van der Waals surface area contributed by atoms with E-state index in [2.05, 4.69) is 74.0 Å². The third kappa shape index (κ3) is 6.85. The SMILES string of the molecule is O=C(NCCC(c1ccccc1)c1ccccc1)c1csc(CSc2nnc(-c3ccncc3)n2-c2ccccc2Cl)n1. The van der Waals surface area contributed by atoms with Crippen LogP contribution in [0.15, 0.2) is 120 Å². The van der Waals surface area contributed by atoms with Gasteiger partial charge < -0.3 is 5.32 Å². The van der Waals surface area contributed by atoms with Crippen molar-refractivity contribution in [1.82, 2.24) is 30.0 Å². The van der Waals surface area contributed by atoms with Crippen LogP contribution in [-0.4, -0.2) is 37.2 Å². The van der Waals surface area contributed by atoms with Gasteiger partial charge in [0.2, 0.25) is 0 Å². The van der Waals surface area contributed by atoms with E-state index in [4.69, 9.17) is 11.6 Å². The molecule has 0 atom stereocenters. The Bertz CT molecular complexity index is 1760. The number of carbonyl (C=O) groups excluding carboxylic acids is 1. The molecular formula is C33H27ClN6OS2. The number of nitrogens with zero attached hydrogens (tertiary/aromatic N) is 5. The Labute approximate surface area is 263 Å². The van der Waals surface area contributed by atoms with Gasteiger partial charge in [-0.2, -0.15) is 0 Å². The summed E-state index contributed by atoms with van der Waals surface area (Å²) in [7, 11) is 0. The third-order valence-corrected chi connectivity index (χ3v) is 9.19. The normalized spacial score (nSPS) is 11.1. The van der Waals surface area contributed by atoms with Gasteiger partial charge in [0.25, 0.3) is 5.91 Å². The lowest BCUT2D eigenvalue weighted by molar-refractivity contribution is 0.0948. The summed E-state index contributed by atoms with van der Waals surface area (Å²) in [5.74, 6) is 1.21. The molecule has 0 aliphatic rings. The Morgan fingerprint density at radius 3 is 2.26 bits per heavy atom. The lowest BCUT2D eigenvalue weighted by Gasteiger charge is -2.18. The first-order chi connectivity index (χ1) is 21.2. The van der Waals surface area contributed by atoms with E-state index in [-0.39, 0.29) is 11.8 Å². The average Bonchev–Trinajstić information content (AvgIpc) is 3.71. The van der Waals surface area contributed by atoms with Crippen LogP contribution in [0.3, 0.4) is 0 Å². The molecule has 3 aromatic carbocycles. The quantitative estimate of drug-likeness (QED) is 0.149. The van der Waals surface area contributed by atoms with Crippen molar-refractivity contribution in [3.63, 3.8) is 0 Å². The number of halogens is 1. The Kier molecular flexibility index (Phi) is 9.22. The number of para-hydroxylation sites is 1. The fourth-order valence-corrected chi connectivity index (χ4v) is 6.78. The van der Waals surface area contributed by atoms with Gasteiger partial charge in [-0.15, -0.1) is 21.5 Å². The number of rotatable bonds is 11. The second-order valence-corrected chi connectivity index (χ2v) is 12.0. The Hall–Kier alpha value is -4.31. The van der Waals surface area contributed by atoms with E-state index in [1.54, 1.807) is 17.8 Å². The van der Waals surface area contributed by atoms with Crippen LogP contribution >= 0.6 is 34.7 Å². The van der Waals surface area contributed by atoms with Crippen LogP contribution in [0.5, 0.6) is 0 Å². The molecule has 3 aromatic heterocycles. The summed E-state index contributed by atoms with van der Waals surface area (Å²) in [5, 5.41) is 15.9. The maximum atomic E-state index is 13.0. The minimum atomic E-state index is -0.174. The fraction of sp³-hybridized carbons (Fsp3) is 0.121. The number of carbonyl (C=O) groups is 1. The van der Waals surface area contributed by atoms with Crippen molar-refractivity contribution in [1.29, 1.82) is 0 Å². The van der Waals surface area contributed by atoms with E-state index in [0.29, 0.717) is 34.0 Å². The van der Waals surface area contributed by atoms with Gasteiger partial charge in [-0.05, 0) is 41.8 Å². The Morgan fingerprint density at radius 1 is 0.884 bits per heavy atom. The van der Waals surface area contributed by atoms with Crippen molar-refractivity contribution in [2.24, 2.45) is 0 Å². The number of hydrogen-bond donors (Lipinski definition) is 1. The van der Waals surface area contributed by atoms with E-state index < -0.39 is 0 Å². The van der Waals surface area contributed by atoms with E-state index in [9.17, 15) is 4.79 Å². The summed E-state index contributed by atoms with van der Waals surface area (Å²) in [6.07, 6.45) is 4.23. The van der Waals surface area contributed by atoms with Gasteiger partial charge in [0.05, 0.1) is 16.5 Å². The van der Waals surface area contributed by atoms with Gasteiger partial charge in [-0.3, -0.25) is 14.3 Å². The fourth-order valence-electron chi connectivity index (χ4n) is 4.83. The molecule has 7 nitrogen and oxygen atoms in total. The number of pyridine rings is 1. The maximum absolute atomic E-state index is 13.0. The summed E-state index contributed by atoms with van der Waals surface area (Å²) in [6, 6.07) is 32.2. The van der Waals surface area contributed by atoms with Crippen molar-refractivity contribution in [2.45, 2.75) is 23.2 Å². The predicted octanol–water partition coefficient (Wildman–Crippen LogP) is 7.68. The molecule has 0 saturated heterocycles. The van der Waals surface area contributed by atoms with E-state index in [1.165, 1.54) is 34.2 Å². The van der Waals surface area contributed by atoms with Crippen LogP contribution in [-0.2, 0) is 5.75 Å². The number of amides is 1.